The molecule has 3 aromatic rings. The minimum Gasteiger partial charge on any atom is -0.464 e. The van der Waals surface area contributed by atoms with Gasteiger partial charge in [0.25, 0.3) is 5.91 Å². The Morgan fingerprint density at radius 2 is 1.81 bits per heavy atom. The number of ether oxygens (including phenoxy) is 1. The number of furan rings is 1. The zero-order valence-electron chi connectivity index (χ0n) is 18.0. The molecule has 1 atom stereocenters. The Bertz CT molecular complexity index is 1050. The highest BCUT2D eigenvalue weighted by Gasteiger charge is 2.27. The first-order valence-electron chi connectivity index (χ1n) is 10.8. The predicted octanol–water partition coefficient (Wildman–Crippen LogP) is 3.82. The largest absolute Gasteiger partial charge is 0.464 e. The van der Waals surface area contributed by atoms with E-state index in [0.29, 0.717) is 13.1 Å². The van der Waals surface area contributed by atoms with Crippen molar-refractivity contribution in [1.29, 1.82) is 0 Å². The second-order valence-corrected chi connectivity index (χ2v) is 7.90. The third-order valence-electron chi connectivity index (χ3n) is 5.83. The minimum absolute atomic E-state index is 0.0812. The topological polar surface area (TPSA) is 63.0 Å². The van der Waals surface area contributed by atoms with Crippen LogP contribution in [-0.4, -0.2) is 49.1 Å². The Morgan fingerprint density at radius 1 is 1.06 bits per heavy atom. The molecular formula is C25H28N2O4. The van der Waals surface area contributed by atoms with Crippen molar-refractivity contribution in [3.8, 4) is 0 Å². The summed E-state index contributed by atoms with van der Waals surface area (Å²) in [4.78, 5) is 29.3. The number of hydrogen-bond donors (Lipinski definition) is 0. The van der Waals surface area contributed by atoms with Crippen LogP contribution in [0.25, 0.3) is 11.0 Å². The van der Waals surface area contributed by atoms with Crippen LogP contribution in [0.1, 0.15) is 25.0 Å². The normalized spacial score (nSPS) is 15.2. The number of hydrogen-bond acceptors (Lipinski definition) is 5. The number of anilines is 1. The quantitative estimate of drug-likeness (QED) is 0.568. The monoisotopic (exact) mass is 420 g/mol. The summed E-state index contributed by atoms with van der Waals surface area (Å²) >= 11 is 0. The highest BCUT2D eigenvalue weighted by atomic mass is 16.5. The van der Waals surface area contributed by atoms with Gasteiger partial charge in [0.15, 0.2) is 6.10 Å². The molecule has 0 saturated carbocycles. The van der Waals surface area contributed by atoms with E-state index in [4.69, 9.17) is 9.15 Å². The fourth-order valence-corrected chi connectivity index (χ4v) is 4.01. The zero-order valence-corrected chi connectivity index (χ0v) is 18.0. The SMILES string of the molecule is CCc1ccc2c(CC(=O)O[C@H](C)C(=O)N3CCN(c4ccccc4)CC3)coc2c1. The van der Waals surface area contributed by atoms with Gasteiger partial charge in [-0.3, -0.25) is 9.59 Å². The summed E-state index contributed by atoms with van der Waals surface area (Å²) in [5.41, 5.74) is 3.89. The summed E-state index contributed by atoms with van der Waals surface area (Å²) in [5.74, 6) is -0.572. The van der Waals surface area contributed by atoms with E-state index in [2.05, 4.69) is 24.0 Å². The molecule has 162 valence electrons. The molecule has 2 aromatic carbocycles. The maximum atomic E-state index is 12.8. The van der Waals surface area contributed by atoms with E-state index in [9.17, 15) is 9.59 Å². The van der Waals surface area contributed by atoms with Crippen LogP contribution in [0.4, 0.5) is 5.69 Å². The number of esters is 1. The van der Waals surface area contributed by atoms with Crippen molar-refractivity contribution in [1.82, 2.24) is 4.90 Å². The maximum absolute atomic E-state index is 12.8. The van der Waals surface area contributed by atoms with Crippen LogP contribution in [0.3, 0.4) is 0 Å². The van der Waals surface area contributed by atoms with Crippen LogP contribution in [0, 0.1) is 0 Å². The Balaban J connectivity index is 1.30. The highest BCUT2D eigenvalue weighted by Crippen LogP contribution is 2.24. The number of carbonyl (C=O) groups is 2. The smallest absolute Gasteiger partial charge is 0.311 e. The van der Waals surface area contributed by atoms with Gasteiger partial charge in [-0.05, 0) is 37.1 Å². The fourth-order valence-electron chi connectivity index (χ4n) is 4.01. The molecule has 1 fully saturated rings. The van der Waals surface area contributed by atoms with Gasteiger partial charge in [-0.15, -0.1) is 0 Å². The molecule has 2 heterocycles. The van der Waals surface area contributed by atoms with Gasteiger partial charge in [0.2, 0.25) is 0 Å². The zero-order chi connectivity index (χ0) is 21.8. The number of para-hydroxylation sites is 1. The van der Waals surface area contributed by atoms with Crippen LogP contribution in [-0.2, 0) is 27.2 Å². The van der Waals surface area contributed by atoms with Gasteiger partial charge < -0.3 is 19.0 Å². The number of piperazine rings is 1. The number of fused-ring (bicyclic) bond motifs is 1. The van der Waals surface area contributed by atoms with E-state index in [1.54, 1.807) is 18.1 Å². The van der Waals surface area contributed by atoms with Crippen LogP contribution in [0.15, 0.2) is 59.2 Å². The molecule has 1 amide bonds. The van der Waals surface area contributed by atoms with Crippen molar-refractivity contribution in [2.24, 2.45) is 0 Å². The predicted molar refractivity (Wildman–Crippen MR) is 120 cm³/mol. The first kappa shape index (κ1) is 21.0. The molecule has 31 heavy (non-hydrogen) atoms. The average molecular weight is 421 g/mol. The molecule has 6 nitrogen and oxygen atoms in total. The van der Waals surface area contributed by atoms with Gasteiger partial charge >= 0.3 is 5.97 Å². The number of rotatable bonds is 6. The van der Waals surface area contributed by atoms with E-state index in [1.807, 2.05) is 36.4 Å². The second kappa shape index (κ2) is 9.25. The molecule has 4 rings (SSSR count). The molecule has 0 N–H and O–H groups in total. The second-order valence-electron chi connectivity index (χ2n) is 7.90. The average Bonchev–Trinajstić information content (AvgIpc) is 3.20. The Labute approximate surface area is 182 Å². The Kier molecular flexibility index (Phi) is 6.26. The van der Waals surface area contributed by atoms with E-state index in [-0.39, 0.29) is 12.3 Å². The van der Waals surface area contributed by atoms with E-state index >= 15 is 0 Å². The number of nitrogens with zero attached hydrogens (tertiary/aromatic N) is 2. The third-order valence-corrected chi connectivity index (χ3v) is 5.83. The summed E-state index contributed by atoms with van der Waals surface area (Å²) in [7, 11) is 0. The number of benzene rings is 2. The van der Waals surface area contributed by atoms with Crippen molar-refractivity contribution in [2.45, 2.75) is 32.8 Å². The van der Waals surface area contributed by atoms with Crippen LogP contribution in [0.2, 0.25) is 0 Å². The molecule has 1 aliphatic heterocycles. The van der Waals surface area contributed by atoms with Crippen molar-refractivity contribution in [3.63, 3.8) is 0 Å². The van der Waals surface area contributed by atoms with Gasteiger partial charge in [-0.25, -0.2) is 0 Å². The Hall–Kier alpha value is -3.28. The maximum Gasteiger partial charge on any atom is 0.311 e. The molecule has 0 spiro atoms. The fraction of sp³-hybridized carbons (Fsp3) is 0.360. The number of carbonyl (C=O) groups excluding carboxylic acids is 2. The molecule has 0 unspecified atom stereocenters. The van der Waals surface area contributed by atoms with Crippen LogP contribution in [0.5, 0.6) is 0 Å². The lowest BCUT2D eigenvalue weighted by molar-refractivity contribution is -0.158. The summed E-state index contributed by atoms with van der Waals surface area (Å²) in [6, 6.07) is 16.2. The molecule has 1 aromatic heterocycles. The van der Waals surface area contributed by atoms with Gasteiger partial charge in [0.1, 0.15) is 5.58 Å². The number of aryl methyl sites for hydroxylation is 1. The lowest BCUT2D eigenvalue weighted by Gasteiger charge is -2.37. The molecule has 1 saturated heterocycles. The summed E-state index contributed by atoms with van der Waals surface area (Å²) in [6.45, 7) is 6.48. The van der Waals surface area contributed by atoms with Gasteiger partial charge in [-0.2, -0.15) is 0 Å². The summed E-state index contributed by atoms with van der Waals surface area (Å²) in [6.07, 6.45) is 1.80. The van der Waals surface area contributed by atoms with E-state index < -0.39 is 12.1 Å². The van der Waals surface area contributed by atoms with Gasteiger partial charge in [-0.1, -0.05) is 37.3 Å². The first-order valence-corrected chi connectivity index (χ1v) is 10.8. The van der Waals surface area contributed by atoms with Gasteiger partial charge in [0.05, 0.1) is 12.7 Å². The molecular weight excluding hydrogens is 392 g/mol. The first-order chi connectivity index (χ1) is 15.0. The Morgan fingerprint density at radius 3 is 2.52 bits per heavy atom. The van der Waals surface area contributed by atoms with Crippen LogP contribution >= 0.6 is 0 Å². The van der Waals surface area contributed by atoms with Crippen molar-refractivity contribution in [2.75, 3.05) is 31.1 Å². The molecule has 0 aliphatic carbocycles. The molecule has 0 radical (unpaired) electrons. The molecule has 1 aliphatic rings. The number of amides is 1. The molecule has 6 heteroatoms. The van der Waals surface area contributed by atoms with Crippen molar-refractivity contribution < 1.29 is 18.7 Å². The van der Waals surface area contributed by atoms with Crippen molar-refractivity contribution in [3.05, 3.63) is 65.9 Å². The highest BCUT2D eigenvalue weighted by molar-refractivity contribution is 5.88. The minimum atomic E-state index is -0.805. The standard InChI is InChI=1S/C25H28N2O4/c1-3-19-9-10-22-20(17-30-23(22)15-19)16-24(28)31-18(2)25(29)27-13-11-26(12-14-27)21-7-5-4-6-8-21/h4-10,15,17-18H,3,11-14,16H2,1-2H3/t18-/m1/s1. The lowest BCUT2D eigenvalue weighted by atomic mass is 10.1. The van der Waals surface area contributed by atoms with Crippen LogP contribution < -0.4 is 4.90 Å². The molecule has 0 bridgehead atoms. The van der Waals surface area contributed by atoms with Gasteiger partial charge in [0, 0.05) is 42.8 Å². The lowest BCUT2D eigenvalue weighted by Crippen LogP contribution is -2.51. The summed E-state index contributed by atoms with van der Waals surface area (Å²) in [5, 5.41) is 0.908. The summed E-state index contributed by atoms with van der Waals surface area (Å²) < 4.78 is 11.1. The van der Waals surface area contributed by atoms with E-state index in [0.717, 1.165) is 41.7 Å². The third kappa shape index (κ3) is 4.74. The van der Waals surface area contributed by atoms with E-state index in [1.165, 1.54) is 5.56 Å². The van der Waals surface area contributed by atoms with Crippen molar-refractivity contribution >= 4 is 28.5 Å².